The van der Waals surface area contributed by atoms with Crippen molar-refractivity contribution in [1.82, 2.24) is 20.2 Å². The summed E-state index contributed by atoms with van der Waals surface area (Å²) in [6.45, 7) is 0.404. The molecule has 5 rings (SSSR count). The fourth-order valence-electron chi connectivity index (χ4n) is 3.67. The van der Waals surface area contributed by atoms with Gasteiger partial charge in [0, 0.05) is 34.9 Å². The van der Waals surface area contributed by atoms with Gasteiger partial charge in [-0.1, -0.05) is 30.3 Å². The first-order valence-corrected chi connectivity index (χ1v) is 11.0. The lowest BCUT2D eigenvalue weighted by Gasteiger charge is -2.09. The Morgan fingerprint density at radius 1 is 0.882 bits per heavy atom. The lowest BCUT2D eigenvalue weighted by Crippen LogP contribution is -1.98. The number of hydrogen-bond donors (Lipinski definition) is 2. The largest absolute Gasteiger partial charge is 0.496 e. The second-order valence-electron chi connectivity index (χ2n) is 7.72. The summed E-state index contributed by atoms with van der Waals surface area (Å²) in [5.74, 6) is 1.45. The Labute approximate surface area is 197 Å². The van der Waals surface area contributed by atoms with Crippen LogP contribution in [-0.2, 0) is 6.61 Å². The third kappa shape index (κ3) is 4.91. The first-order valence-electron chi connectivity index (χ1n) is 11.0. The van der Waals surface area contributed by atoms with Crippen molar-refractivity contribution in [2.75, 3.05) is 7.11 Å². The van der Waals surface area contributed by atoms with Crippen LogP contribution in [0.25, 0.3) is 35.2 Å². The van der Waals surface area contributed by atoms with E-state index < -0.39 is 0 Å². The van der Waals surface area contributed by atoms with E-state index in [-0.39, 0.29) is 0 Å². The summed E-state index contributed by atoms with van der Waals surface area (Å²) >= 11 is 0. The van der Waals surface area contributed by atoms with Crippen molar-refractivity contribution < 1.29 is 9.47 Å². The van der Waals surface area contributed by atoms with Gasteiger partial charge >= 0.3 is 0 Å². The minimum Gasteiger partial charge on any atom is -0.496 e. The number of fused-ring (bicyclic) bond motifs is 1. The summed E-state index contributed by atoms with van der Waals surface area (Å²) < 4.78 is 11.4. The molecule has 2 aromatic carbocycles. The molecule has 168 valence electrons. The quantitative estimate of drug-likeness (QED) is 0.296. The third-order valence-corrected chi connectivity index (χ3v) is 5.43. The van der Waals surface area contributed by atoms with Crippen molar-refractivity contribution in [1.29, 1.82) is 0 Å². The van der Waals surface area contributed by atoms with E-state index in [2.05, 4.69) is 38.4 Å². The summed E-state index contributed by atoms with van der Waals surface area (Å²) in [4.78, 5) is 7.56. The van der Waals surface area contributed by atoms with Gasteiger partial charge in [0.2, 0.25) is 0 Å². The number of nitrogens with zero attached hydrogens (tertiary/aromatic N) is 2. The Hall–Kier alpha value is -4.58. The minimum atomic E-state index is 0.404. The molecule has 0 aliphatic heterocycles. The number of nitrogens with one attached hydrogen (secondary N) is 2. The fourth-order valence-corrected chi connectivity index (χ4v) is 3.67. The van der Waals surface area contributed by atoms with E-state index in [1.807, 2.05) is 79.0 Å². The molecule has 6 nitrogen and oxygen atoms in total. The van der Waals surface area contributed by atoms with Crippen molar-refractivity contribution >= 4 is 35.2 Å². The van der Waals surface area contributed by atoms with Gasteiger partial charge in [-0.2, -0.15) is 5.10 Å². The van der Waals surface area contributed by atoms with Gasteiger partial charge in [0.05, 0.1) is 24.2 Å². The Kier molecular flexibility index (Phi) is 6.21. The Balaban J connectivity index is 1.26. The fraction of sp³-hybridized carbons (Fsp3) is 0.0714. The number of ether oxygens (including phenoxy) is 2. The van der Waals surface area contributed by atoms with Crippen LogP contribution in [0.4, 0.5) is 0 Å². The topological polar surface area (TPSA) is 75.8 Å². The van der Waals surface area contributed by atoms with Crippen LogP contribution in [0.3, 0.4) is 0 Å². The van der Waals surface area contributed by atoms with Crippen LogP contribution in [0.15, 0.2) is 79.1 Å². The van der Waals surface area contributed by atoms with E-state index in [0.29, 0.717) is 6.61 Å². The zero-order valence-electron chi connectivity index (χ0n) is 18.7. The van der Waals surface area contributed by atoms with E-state index in [1.54, 1.807) is 13.3 Å². The lowest BCUT2D eigenvalue weighted by molar-refractivity contribution is 0.299. The molecule has 0 saturated heterocycles. The monoisotopic (exact) mass is 448 g/mol. The molecular formula is C28H24N4O2. The van der Waals surface area contributed by atoms with Gasteiger partial charge in [0.15, 0.2) is 0 Å². The molecule has 0 aliphatic carbocycles. The van der Waals surface area contributed by atoms with Gasteiger partial charge in [-0.25, -0.2) is 0 Å². The second-order valence-corrected chi connectivity index (χ2v) is 7.72. The maximum Gasteiger partial charge on any atom is 0.130 e. The molecule has 0 radical (unpaired) electrons. The molecule has 3 aromatic heterocycles. The number of rotatable bonds is 8. The smallest absolute Gasteiger partial charge is 0.130 e. The van der Waals surface area contributed by atoms with E-state index >= 15 is 0 Å². The van der Waals surface area contributed by atoms with Crippen LogP contribution in [0.5, 0.6) is 11.5 Å². The van der Waals surface area contributed by atoms with Crippen LogP contribution in [0.2, 0.25) is 0 Å². The molecule has 0 fully saturated rings. The summed E-state index contributed by atoms with van der Waals surface area (Å²) in [6.07, 6.45) is 11.8. The zero-order chi connectivity index (χ0) is 23.2. The highest BCUT2D eigenvalue weighted by Crippen LogP contribution is 2.27. The van der Waals surface area contributed by atoms with E-state index in [0.717, 1.165) is 45.2 Å². The Bertz CT molecular complexity index is 1450. The summed E-state index contributed by atoms with van der Waals surface area (Å²) in [7, 11) is 1.65. The van der Waals surface area contributed by atoms with Gasteiger partial charge in [0.25, 0.3) is 0 Å². The number of methoxy groups -OCH3 is 1. The van der Waals surface area contributed by atoms with Gasteiger partial charge in [-0.15, -0.1) is 0 Å². The number of para-hydroxylation sites is 1. The number of aromatic nitrogens is 4. The summed E-state index contributed by atoms with van der Waals surface area (Å²) in [6, 6.07) is 21.8. The van der Waals surface area contributed by atoms with Crippen molar-refractivity contribution in [3.05, 3.63) is 107 Å². The number of aromatic amines is 2. The maximum atomic E-state index is 5.85. The lowest BCUT2D eigenvalue weighted by atomic mass is 10.1. The van der Waals surface area contributed by atoms with E-state index in [4.69, 9.17) is 9.47 Å². The van der Waals surface area contributed by atoms with Crippen LogP contribution in [-0.4, -0.2) is 27.3 Å². The normalized spacial score (nSPS) is 11.6. The predicted octanol–water partition coefficient (Wildman–Crippen LogP) is 6.21. The predicted molar refractivity (Wildman–Crippen MR) is 136 cm³/mol. The van der Waals surface area contributed by atoms with Gasteiger partial charge < -0.3 is 14.5 Å². The molecule has 0 bridgehead atoms. The Morgan fingerprint density at radius 2 is 1.76 bits per heavy atom. The highest BCUT2D eigenvalue weighted by atomic mass is 16.5. The van der Waals surface area contributed by atoms with Crippen molar-refractivity contribution in [2.45, 2.75) is 6.61 Å². The van der Waals surface area contributed by atoms with Gasteiger partial charge in [-0.3, -0.25) is 10.1 Å². The average molecular weight is 449 g/mol. The standard InChI is InChI=1S/C28H24N4O2/c1-33-28-17-25(34-19-24-6-4-5-15-29-24)14-11-20(28)9-12-22-16-23(32-31-22)13-10-21-18-30-27-8-3-2-7-26(21)27/h2-18,30H,19H2,1H3,(H,31,32)/b12-9+,13-10+. The molecule has 0 aliphatic rings. The average Bonchev–Trinajstić information content (AvgIpc) is 3.52. The molecule has 5 aromatic rings. The van der Waals surface area contributed by atoms with Crippen LogP contribution in [0, 0.1) is 0 Å². The maximum absolute atomic E-state index is 5.85. The van der Waals surface area contributed by atoms with Crippen molar-refractivity contribution in [3.63, 3.8) is 0 Å². The highest BCUT2D eigenvalue weighted by molar-refractivity contribution is 5.91. The molecule has 0 amide bonds. The number of benzene rings is 2. The van der Waals surface area contributed by atoms with Gasteiger partial charge in [-0.05, 0) is 60.2 Å². The molecule has 0 unspecified atom stereocenters. The third-order valence-electron chi connectivity index (χ3n) is 5.43. The molecular weight excluding hydrogens is 424 g/mol. The first-order chi connectivity index (χ1) is 16.8. The van der Waals surface area contributed by atoms with E-state index in [1.165, 1.54) is 5.39 Å². The van der Waals surface area contributed by atoms with Crippen molar-refractivity contribution in [3.8, 4) is 11.5 Å². The van der Waals surface area contributed by atoms with Crippen molar-refractivity contribution in [2.24, 2.45) is 0 Å². The van der Waals surface area contributed by atoms with E-state index in [9.17, 15) is 0 Å². The molecule has 6 heteroatoms. The second kappa shape index (κ2) is 9.92. The first kappa shape index (κ1) is 21.3. The molecule has 0 saturated carbocycles. The van der Waals surface area contributed by atoms with Gasteiger partial charge in [0.1, 0.15) is 18.1 Å². The van der Waals surface area contributed by atoms with Crippen LogP contribution >= 0.6 is 0 Å². The molecule has 0 spiro atoms. The summed E-state index contributed by atoms with van der Waals surface area (Å²) in [5, 5.41) is 8.65. The highest BCUT2D eigenvalue weighted by Gasteiger charge is 2.05. The Morgan fingerprint density at radius 3 is 2.65 bits per heavy atom. The molecule has 0 atom stereocenters. The number of H-pyrrole nitrogens is 2. The minimum absolute atomic E-state index is 0.404. The van der Waals surface area contributed by atoms with Crippen LogP contribution in [0.1, 0.15) is 28.2 Å². The molecule has 34 heavy (non-hydrogen) atoms. The zero-order valence-corrected chi connectivity index (χ0v) is 18.7. The molecule has 3 heterocycles. The van der Waals surface area contributed by atoms with Crippen LogP contribution < -0.4 is 9.47 Å². The number of pyridine rings is 1. The number of hydrogen-bond acceptors (Lipinski definition) is 4. The summed E-state index contributed by atoms with van der Waals surface area (Å²) in [5.41, 5.74) is 5.83. The molecule has 2 N–H and O–H groups in total. The SMILES string of the molecule is COc1cc(OCc2ccccn2)ccc1/C=C/c1cc(/C=C/c2c[nH]c3ccccc23)[nH]n1.